The molecule has 1 saturated carbocycles. The predicted molar refractivity (Wildman–Crippen MR) is 88.1 cm³/mol. The van der Waals surface area contributed by atoms with Crippen LogP contribution in [0.2, 0.25) is 0 Å². The van der Waals surface area contributed by atoms with Crippen molar-refractivity contribution in [1.29, 1.82) is 0 Å². The van der Waals surface area contributed by atoms with E-state index < -0.39 is 17.4 Å². The lowest BCUT2D eigenvalue weighted by Gasteiger charge is -2.43. The van der Waals surface area contributed by atoms with Gasteiger partial charge in [0.2, 0.25) is 0 Å². The van der Waals surface area contributed by atoms with Crippen LogP contribution in [-0.4, -0.2) is 52.7 Å². The monoisotopic (exact) mass is 343 g/mol. The number of likely N-dealkylation sites (tertiary alicyclic amines) is 1. The second kappa shape index (κ2) is 6.13. The Morgan fingerprint density at radius 3 is 2.80 bits per heavy atom. The van der Waals surface area contributed by atoms with Crippen molar-refractivity contribution in [1.82, 2.24) is 15.2 Å². The molecule has 3 heterocycles. The topological polar surface area (TPSA) is 88.6 Å². The molecule has 2 amide bonds. The number of hydrogen-bond acceptors (Lipinski definition) is 5. The van der Waals surface area contributed by atoms with Crippen molar-refractivity contribution >= 4 is 17.6 Å². The number of amides is 2. The molecular formula is C18H21N3O4. The number of carbonyl (C=O) groups excluding carboxylic acids is 3. The number of fused-ring (bicyclic) bond motifs is 1. The molecule has 0 unspecified atom stereocenters. The van der Waals surface area contributed by atoms with Gasteiger partial charge < -0.3 is 15.0 Å². The Morgan fingerprint density at radius 1 is 1.32 bits per heavy atom. The van der Waals surface area contributed by atoms with Gasteiger partial charge in [-0.3, -0.25) is 14.4 Å². The van der Waals surface area contributed by atoms with Gasteiger partial charge in [-0.05, 0) is 30.9 Å². The van der Waals surface area contributed by atoms with Crippen molar-refractivity contribution in [3.05, 3.63) is 24.0 Å². The molecule has 1 aromatic heterocycles. The zero-order valence-electron chi connectivity index (χ0n) is 14.0. The van der Waals surface area contributed by atoms with Gasteiger partial charge in [-0.25, -0.2) is 4.98 Å². The van der Waals surface area contributed by atoms with Crippen molar-refractivity contribution < 1.29 is 19.1 Å². The van der Waals surface area contributed by atoms with E-state index in [9.17, 15) is 14.4 Å². The molecule has 3 aliphatic rings. The number of aromatic nitrogens is 1. The zero-order chi connectivity index (χ0) is 17.4. The van der Waals surface area contributed by atoms with E-state index >= 15 is 0 Å². The van der Waals surface area contributed by atoms with Gasteiger partial charge in [-0.2, -0.15) is 0 Å². The molecule has 0 bridgehead atoms. The average Bonchev–Trinajstić information content (AvgIpc) is 3.44. The third-order valence-corrected chi connectivity index (χ3v) is 5.25. The molecular weight excluding hydrogens is 322 g/mol. The third-order valence-electron chi connectivity index (χ3n) is 5.25. The summed E-state index contributed by atoms with van der Waals surface area (Å²) in [6.45, 7) is 1.42. The first-order valence-corrected chi connectivity index (χ1v) is 8.81. The van der Waals surface area contributed by atoms with Gasteiger partial charge in [0.25, 0.3) is 0 Å². The smallest absolute Gasteiger partial charge is 0.311 e. The van der Waals surface area contributed by atoms with Gasteiger partial charge in [-0.1, -0.05) is 0 Å². The molecule has 0 aromatic carbocycles. The number of pyridine rings is 1. The molecule has 2 aliphatic heterocycles. The predicted octanol–water partition coefficient (Wildman–Crippen LogP) is 0.934. The summed E-state index contributed by atoms with van der Waals surface area (Å²) in [6, 6.07) is 3.50. The molecule has 7 nitrogen and oxygen atoms in total. The third kappa shape index (κ3) is 3.23. The maximum atomic E-state index is 12.4. The summed E-state index contributed by atoms with van der Waals surface area (Å²) in [5, 5.41) is 2.71. The SMILES string of the molecule is O=C(NCC1CC1)C(=O)N1CCC2(CC1)CC(=O)c1ncccc1O2. The van der Waals surface area contributed by atoms with E-state index in [-0.39, 0.29) is 12.2 Å². The van der Waals surface area contributed by atoms with Crippen LogP contribution in [-0.2, 0) is 9.59 Å². The lowest BCUT2D eigenvalue weighted by atomic mass is 9.83. The highest BCUT2D eigenvalue weighted by Crippen LogP contribution is 2.38. The first-order valence-electron chi connectivity index (χ1n) is 8.81. The van der Waals surface area contributed by atoms with Crippen LogP contribution in [0.1, 0.15) is 42.6 Å². The van der Waals surface area contributed by atoms with Gasteiger partial charge in [-0.15, -0.1) is 0 Å². The second-order valence-corrected chi connectivity index (χ2v) is 7.18. The second-order valence-electron chi connectivity index (χ2n) is 7.18. The lowest BCUT2D eigenvalue weighted by molar-refractivity contribution is -0.148. The van der Waals surface area contributed by atoms with Gasteiger partial charge in [0.05, 0.1) is 6.42 Å². The van der Waals surface area contributed by atoms with Crippen LogP contribution in [0.15, 0.2) is 18.3 Å². The molecule has 1 N–H and O–H groups in total. The van der Waals surface area contributed by atoms with Crippen LogP contribution in [0.5, 0.6) is 5.75 Å². The Balaban J connectivity index is 1.37. The van der Waals surface area contributed by atoms with Crippen molar-refractivity contribution in [3.8, 4) is 5.75 Å². The van der Waals surface area contributed by atoms with Crippen molar-refractivity contribution in [2.45, 2.75) is 37.7 Å². The number of nitrogens with zero attached hydrogens (tertiary/aromatic N) is 2. The Labute approximate surface area is 145 Å². The number of carbonyl (C=O) groups is 3. The van der Waals surface area contributed by atoms with E-state index in [2.05, 4.69) is 10.3 Å². The first kappa shape index (κ1) is 16.1. The van der Waals surface area contributed by atoms with Gasteiger partial charge in [0.1, 0.15) is 17.0 Å². The van der Waals surface area contributed by atoms with E-state index in [1.807, 2.05) is 0 Å². The van der Waals surface area contributed by atoms with Crippen LogP contribution in [0.4, 0.5) is 0 Å². The quantitative estimate of drug-likeness (QED) is 0.807. The van der Waals surface area contributed by atoms with E-state index in [4.69, 9.17) is 4.74 Å². The van der Waals surface area contributed by atoms with Gasteiger partial charge in [0.15, 0.2) is 5.78 Å². The zero-order valence-corrected chi connectivity index (χ0v) is 14.0. The minimum atomic E-state index is -0.589. The van der Waals surface area contributed by atoms with Crippen LogP contribution in [0.3, 0.4) is 0 Å². The molecule has 0 atom stereocenters. The Bertz CT molecular complexity index is 721. The summed E-state index contributed by atoms with van der Waals surface area (Å²) in [5.74, 6) is 0.0129. The van der Waals surface area contributed by atoms with E-state index in [0.29, 0.717) is 49.8 Å². The Morgan fingerprint density at radius 2 is 2.08 bits per heavy atom. The van der Waals surface area contributed by atoms with Crippen LogP contribution in [0, 0.1) is 5.92 Å². The number of rotatable bonds is 2. The normalized spacial score (nSPS) is 21.4. The molecule has 1 spiro atoms. The maximum Gasteiger partial charge on any atom is 0.311 e. The highest BCUT2D eigenvalue weighted by molar-refractivity contribution is 6.35. The fraction of sp³-hybridized carbons (Fsp3) is 0.556. The Hall–Kier alpha value is -2.44. The molecule has 0 radical (unpaired) electrons. The highest BCUT2D eigenvalue weighted by Gasteiger charge is 2.44. The minimum absolute atomic E-state index is 0.0243. The molecule has 2 fully saturated rings. The van der Waals surface area contributed by atoms with E-state index in [1.165, 1.54) is 0 Å². The number of Topliss-reactive ketones (excluding diaryl/α,β-unsaturated/α-hetero) is 1. The summed E-state index contributed by atoms with van der Waals surface area (Å²) in [5.41, 5.74) is -0.208. The molecule has 132 valence electrons. The van der Waals surface area contributed by atoms with Crippen LogP contribution in [0.25, 0.3) is 0 Å². The summed E-state index contributed by atoms with van der Waals surface area (Å²) in [7, 11) is 0. The number of nitrogens with one attached hydrogen (secondary N) is 1. The van der Waals surface area contributed by atoms with Crippen molar-refractivity contribution in [2.75, 3.05) is 19.6 Å². The standard InChI is InChI=1S/C18H21N3O4/c22-13-10-18(25-14-2-1-7-19-15(13)14)5-8-21(9-6-18)17(24)16(23)20-11-12-3-4-12/h1-2,7,12H,3-6,8-11H2,(H,20,23). The maximum absolute atomic E-state index is 12.4. The van der Waals surface area contributed by atoms with Crippen LogP contribution >= 0.6 is 0 Å². The first-order chi connectivity index (χ1) is 12.1. The fourth-order valence-electron chi connectivity index (χ4n) is 3.50. The fourth-order valence-corrected chi connectivity index (χ4v) is 3.50. The number of ether oxygens (including phenoxy) is 1. The molecule has 7 heteroatoms. The van der Waals surface area contributed by atoms with Gasteiger partial charge in [0, 0.05) is 38.7 Å². The number of piperidine rings is 1. The number of hydrogen-bond donors (Lipinski definition) is 1. The number of ketones is 1. The minimum Gasteiger partial charge on any atom is -0.484 e. The summed E-state index contributed by atoms with van der Waals surface area (Å²) in [4.78, 5) is 42.2. The molecule has 1 saturated heterocycles. The summed E-state index contributed by atoms with van der Waals surface area (Å²) >= 11 is 0. The summed E-state index contributed by atoms with van der Waals surface area (Å²) < 4.78 is 6.08. The van der Waals surface area contributed by atoms with Gasteiger partial charge >= 0.3 is 11.8 Å². The van der Waals surface area contributed by atoms with Crippen molar-refractivity contribution in [2.24, 2.45) is 5.92 Å². The van der Waals surface area contributed by atoms with E-state index in [1.54, 1.807) is 23.2 Å². The lowest BCUT2D eigenvalue weighted by Crippen LogP contribution is -2.54. The average molecular weight is 343 g/mol. The molecule has 4 rings (SSSR count). The van der Waals surface area contributed by atoms with Crippen LogP contribution < -0.4 is 10.1 Å². The molecule has 25 heavy (non-hydrogen) atoms. The molecule has 1 aromatic rings. The Kier molecular flexibility index (Phi) is 3.94. The highest BCUT2D eigenvalue weighted by atomic mass is 16.5. The molecule has 1 aliphatic carbocycles. The summed E-state index contributed by atoms with van der Waals surface area (Å²) in [6.07, 6.45) is 5.18. The van der Waals surface area contributed by atoms with Crippen molar-refractivity contribution in [3.63, 3.8) is 0 Å². The largest absolute Gasteiger partial charge is 0.484 e. The van der Waals surface area contributed by atoms with E-state index in [0.717, 1.165) is 12.8 Å².